The highest BCUT2D eigenvalue weighted by Gasteiger charge is 2.17. The summed E-state index contributed by atoms with van der Waals surface area (Å²) in [6, 6.07) is 8.13. The Kier molecular flexibility index (Phi) is 6.34. The minimum absolute atomic E-state index is 0.0349. The summed E-state index contributed by atoms with van der Waals surface area (Å²) in [5.74, 6) is -4.72. The molecule has 1 heterocycles. The number of hydrogen-bond donors (Lipinski definition) is 4. The molecule has 0 spiro atoms. The van der Waals surface area contributed by atoms with Crippen LogP contribution in [0.5, 0.6) is 0 Å². The van der Waals surface area contributed by atoms with Gasteiger partial charge in [-0.3, -0.25) is 9.59 Å². The van der Waals surface area contributed by atoms with Crippen LogP contribution in [-0.4, -0.2) is 21.8 Å². The van der Waals surface area contributed by atoms with E-state index in [0.717, 1.165) is 12.3 Å². The van der Waals surface area contributed by atoms with Crippen molar-refractivity contribution in [2.75, 3.05) is 16.0 Å². The lowest BCUT2D eigenvalue weighted by atomic mass is 10.2. The van der Waals surface area contributed by atoms with Crippen LogP contribution in [0.2, 0.25) is 0 Å². The van der Waals surface area contributed by atoms with E-state index in [1.165, 1.54) is 6.92 Å². The highest BCUT2D eigenvalue weighted by atomic mass is 19.2. The van der Waals surface area contributed by atoms with Crippen LogP contribution >= 0.6 is 0 Å². The molecule has 0 aliphatic rings. The Balaban J connectivity index is 1.86. The summed E-state index contributed by atoms with van der Waals surface area (Å²) in [5, 5.41) is 8.09. The number of nitrogens with zero attached hydrogens (tertiary/aromatic N) is 2. The SMILES string of the molecule is CC(=O)Nc1cccc(Nc2ncc(C(N)=O)c(NCc3c(F)ccc(F)c3F)n2)c1. The number of carbonyl (C=O) groups is 2. The quantitative estimate of drug-likeness (QED) is 0.427. The Morgan fingerprint density at radius 2 is 1.77 bits per heavy atom. The van der Waals surface area contributed by atoms with Gasteiger partial charge in [0.05, 0.1) is 5.56 Å². The van der Waals surface area contributed by atoms with Crippen molar-refractivity contribution in [1.82, 2.24) is 9.97 Å². The number of benzene rings is 2. The molecule has 160 valence electrons. The van der Waals surface area contributed by atoms with E-state index in [9.17, 15) is 22.8 Å². The predicted molar refractivity (Wildman–Crippen MR) is 108 cm³/mol. The smallest absolute Gasteiger partial charge is 0.254 e. The van der Waals surface area contributed by atoms with Crippen molar-refractivity contribution in [2.45, 2.75) is 13.5 Å². The average molecular weight is 430 g/mol. The first kappa shape index (κ1) is 21.6. The normalized spacial score (nSPS) is 10.5. The van der Waals surface area contributed by atoms with Crippen LogP contribution in [0.3, 0.4) is 0 Å². The van der Waals surface area contributed by atoms with Crippen molar-refractivity contribution in [3.05, 3.63) is 71.2 Å². The standard InChI is InChI=1S/C20H17F3N6O2/c1-10(30)27-11-3-2-4-12(7-11)28-20-26-9-14(18(24)31)19(29-20)25-8-13-15(21)5-6-16(22)17(13)23/h2-7,9H,8H2,1H3,(H2,24,31)(H,27,30)(H2,25,26,28,29). The maximum Gasteiger partial charge on any atom is 0.254 e. The molecular weight excluding hydrogens is 413 g/mol. The van der Waals surface area contributed by atoms with Crippen molar-refractivity contribution in [3.63, 3.8) is 0 Å². The molecule has 0 aliphatic heterocycles. The van der Waals surface area contributed by atoms with Crippen LogP contribution in [0.25, 0.3) is 0 Å². The third kappa shape index (κ3) is 5.26. The van der Waals surface area contributed by atoms with Crippen LogP contribution in [-0.2, 0) is 11.3 Å². The Bertz CT molecular complexity index is 1160. The van der Waals surface area contributed by atoms with Gasteiger partial charge >= 0.3 is 0 Å². The van der Waals surface area contributed by atoms with Crippen molar-refractivity contribution < 1.29 is 22.8 Å². The van der Waals surface area contributed by atoms with Crippen LogP contribution in [0.15, 0.2) is 42.6 Å². The Hall–Kier alpha value is -4.15. The molecule has 2 aromatic carbocycles. The van der Waals surface area contributed by atoms with Gasteiger partial charge < -0.3 is 21.7 Å². The van der Waals surface area contributed by atoms with Crippen LogP contribution < -0.4 is 21.7 Å². The molecule has 0 fully saturated rings. The third-order valence-corrected chi connectivity index (χ3v) is 4.06. The summed E-state index contributed by atoms with van der Waals surface area (Å²) < 4.78 is 41.2. The van der Waals surface area contributed by atoms with E-state index in [2.05, 4.69) is 25.9 Å². The fourth-order valence-corrected chi connectivity index (χ4v) is 2.67. The van der Waals surface area contributed by atoms with Gasteiger partial charge in [0.15, 0.2) is 11.6 Å². The average Bonchev–Trinajstić information content (AvgIpc) is 2.70. The molecule has 3 aromatic rings. The Morgan fingerprint density at radius 1 is 1.06 bits per heavy atom. The highest BCUT2D eigenvalue weighted by molar-refractivity contribution is 5.97. The number of hydrogen-bond acceptors (Lipinski definition) is 6. The van der Waals surface area contributed by atoms with Crippen molar-refractivity contribution in [1.29, 1.82) is 0 Å². The summed E-state index contributed by atoms with van der Waals surface area (Å²) in [5.41, 5.74) is 5.66. The first-order valence-electron chi connectivity index (χ1n) is 8.92. The number of nitrogens with one attached hydrogen (secondary N) is 3. The molecule has 0 saturated carbocycles. The van der Waals surface area contributed by atoms with Gasteiger partial charge in [0.2, 0.25) is 11.9 Å². The fourth-order valence-electron chi connectivity index (χ4n) is 2.67. The lowest BCUT2D eigenvalue weighted by Gasteiger charge is -2.13. The van der Waals surface area contributed by atoms with Gasteiger partial charge in [-0.1, -0.05) is 6.07 Å². The molecular formula is C20H17F3N6O2. The molecule has 1 aromatic heterocycles. The summed E-state index contributed by atoms with van der Waals surface area (Å²) in [7, 11) is 0. The van der Waals surface area contributed by atoms with Crippen LogP contribution in [0.1, 0.15) is 22.8 Å². The van der Waals surface area contributed by atoms with Gasteiger partial charge in [-0.2, -0.15) is 4.98 Å². The minimum Gasteiger partial charge on any atom is -0.365 e. The molecule has 0 unspecified atom stereocenters. The minimum atomic E-state index is -1.35. The lowest BCUT2D eigenvalue weighted by molar-refractivity contribution is -0.114. The first-order valence-corrected chi connectivity index (χ1v) is 8.92. The van der Waals surface area contributed by atoms with Crippen molar-refractivity contribution >= 4 is 35.0 Å². The molecule has 0 bridgehead atoms. The second kappa shape index (κ2) is 9.11. The van der Waals surface area contributed by atoms with Gasteiger partial charge in [-0.25, -0.2) is 18.2 Å². The molecule has 3 rings (SSSR count). The maximum absolute atomic E-state index is 13.9. The second-order valence-corrected chi connectivity index (χ2v) is 6.38. The van der Waals surface area contributed by atoms with Crippen LogP contribution in [0, 0.1) is 17.5 Å². The lowest BCUT2D eigenvalue weighted by Crippen LogP contribution is -2.17. The summed E-state index contributed by atoms with van der Waals surface area (Å²) in [6.07, 6.45) is 1.13. The number of anilines is 4. The highest BCUT2D eigenvalue weighted by Crippen LogP contribution is 2.22. The number of aromatic nitrogens is 2. The molecule has 31 heavy (non-hydrogen) atoms. The van der Waals surface area contributed by atoms with Gasteiger partial charge in [-0.05, 0) is 30.3 Å². The molecule has 2 amide bonds. The van der Waals surface area contributed by atoms with Crippen molar-refractivity contribution in [3.8, 4) is 0 Å². The summed E-state index contributed by atoms with van der Waals surface area (Å²) >= 11 is 0. The van der Waals surface area contributed by atoms with Gasteiger partial charge in [-0.15, -0.1) is 0 Å². The monoisotopic (exact) mass is 430 g/mol. The Morgan fingerprint density at radius 3 is 2.48 bits per heavy atom. The van der Waals surface area contributed by atoms with Crippen molar-refractivity contribution in [2.24, 2.45) is 5.73 Å². The van der Waals surface area contributed by atoms with E-state index in [1.807, 2.05) is 0 Å². The molecule has 0 aliphatic carbocycles. The number of primary amides is 1. The molecule has 8 nitrogen and oxygen atoms in total. The molecule has 0 saturated heterocycles. The van der Waals surface area contributed by atoms with Gasteiger partial charge in [0.25, 0.3) is 5.91 Å². The molecule has 11 heteroatoms. The Labute approximate surface area is 174 Å². The fraction of sp³-hybridized carbons (Fsp3) is 0.100. The second-order valence-electron chi connectivity index (χ2n) is 6.38. The summed E-state index contributed by atoms with van der Waals surface area (Å²) in [4.78, 5) is 31.0. The van der Waals surface area contributed by atoms with Crippen LogP contribution in [0.4, 0.5) is 36.3 Å². The van der Waals surface area contributed by atoms with E-state index in [1.54, 1.807) is 24.3 Å². The largest absolute Gasteiger partial charge is 0.365 e. The molecule has 0 radical (unpaired) electrons. The predicted octanol–water partition coefficient (Wildman–Crippen LogP) is 3.31. The number of nitrogens with two attached hydrogens (primary N) is 1. The summed E-state index contributed by atoms with van der Waals surface area (Å²) in [6.45, 7) is 0.873. The zero-order chi connectivity index (χ0) is 22.5. The maximum atomic E-state index is 13.9. The van der Waals surface area contributed by atoms with E-state index in [0.29, 0.717) is 17.4 Å². The van der Waals surface area contributed by atoms with Gasteiger partial charge in [0, 0.05) is 36.6 Å². The van der Waals surface area contributed by atoms with Gasteiger partial charge in [0.1, 0.15) is 11.6 Å². The molecule has 0 atom stereocenters. The van der Waals surface area contributed by atoms with E-state index >= 15 is 0 Å². The van der Waals surface area contributed by atoms with E-state index in [4.69, 9.17) is 5.73 Å². The number of halogens is 3. The third-order valence-electron chi connectivity index (χ3n) is 4.06. The zero-order valence-corrected chi connectivity index (χ0v) is 16.2. The van der Waals surface area contributed by atoms with E-state index in [-0.39, 0.29) is 23.2 Å². The number of carbonyl (C=O) groups excluding carboxylic acids is 2. The number of rotatable bonds is 7. The van der Waals surface area contributed by atoms with E-state index < -0.39 is 35.5 Å². The number of amides is 2. The first-order chi connectivity index (χ1) is 14.7. The molecule has 5 N–H and O–H groups in total. The topological polar surface area (TPSA) is 122 Å². The zero-order valence-electron chi connectivity index (χ0n) is 16.2.